The Morgan fingerprint density at radius 3 is 2.43 bits per heavy atom. The molecule has 1 atom stereocenters. The molecule has 2 fully saturated rings. The number of amides is 1. The van der Waals surface area contributed by atoms with Gasteiger partial charge in [0, 0.05) is 18.0 Å². The van der Waals surface area contributed by atoms with Crippen LogP contribution in [0.15, 0.2) is 0 Å². The van der Waals surface area contributed by atoms with E-state index in [-0.39, 0.29) is 5.54 Å². The minimum Gasteiger partial charge on any atom is -0.335 e. The van der Waals surface area contributed by atoms with Gasteiger partial charge in [-0.25, -0.2) is 0 Å². The highest BCUT2D eigenvalue weighted by Gasteiger charge is 2.41. The second-order valence-electron chi connectivity index (χ2n) is 5.21. The highest BCUT2D eigenvalue weighted by atomic mass is 16.2. The number of likely N-dealkylation sites (tertiary alicyclic amines) is 1. The van der Waals surface area contributed by atoms with Crippen LogP contribution in [0.4, 0.5) is 0 Å². The Kier molecular flexibility index (Phi) is 2.54. The number of hydrogen-bond acceptors (Lipinski definition) is 1. The first kappa shape index (κ1) is 10.0. The van der Waals surface area contributed by atoms with Crippen LogP contribution in [0.5, 0.6) is 0 Å². The topological polar surface area (TPSA) is 20.3 Å². The first-order valence-corrected chi connectivity index (χ1v) is 5.96. The molecule has 1 saturated heterocycles. The first-order valence-electron chi connectivity index (χ1n) is 5.96. The zero-order valence-corrected chi connectivity index (χ0v) is 9.38. The maximum absolute atomic E-state index is 11.8. The Bertz CT molecular complexity index is 230. The third-order valence-electron chi connectivity index (χ3n) is 4.00. The molecule has 1 aliphatic heterocycles. The molecular formula is C12H21NO. The van der Waals surface area contributed by atoms with Gasteiger partial charge in [0.2, 0.25) is 5.91 Å². The molecule has 2 nitrogen and oxygen atoms in total. The van der Waals surface area contributed by atoms with E-state index >= 15 is 0 Å². The number of rotatable bonds is 1. The van der Waals surface area contributed by atoms with Crippen molar-refractivity contribution in [3.05, 3.63) is 0 Å². The van der Waals surface area contributed by atoms with E-state index in [4.69, 9.17) is 0 Å². The van der Waals surface area contributed by atoms with E-state index in [2.05, 4.69) is 18.7 Å². The molecule has 1 amide bonds. The molecule has 0 bridgehead atoms. The average Bonchev–Trinajstić information content (AvgIpc) is 2.48. The third kappa shape index (κ3) is 1.55. The highest BCUT2D eigenvalue weighted by Crippen LogP contribution is 2.38. The number of carbonyl (C=O) groups excluding carboxylic acids is 1. The normalized spacial score (nSPS) is 32.3. The predicted molar refractivity (Wildman–Crippen MR) is 57.0 cm³/mol. The molecule has 0 aromatic heterocycles. The van der Waals surface area contributed by atoms with Crippen molar-refractivity contribution in [2.24, 2.45) is 0 Å². The van der Waals surface area contributed by atoms with Crippen molar-refractivity contribution in [2.75, 3.05) is 0 Å². The van der Waals surface area contributed by atoms with Crippen molar-refractivity contribution in [2.45, 2.75) is 70.4 Å². The van der Waals surface area contributed by atoms with E-state index < -0.39 is 0 Å². The zero-order valence-electron chi connectivity index (χ0n) is 9.38. The van der Waals surface area contributed by atoms with Gasteiger partial charge in [0.15, 0.2) is 0 Å². The molecule has 14 heavy (non-hydrogen) atoms. The lowest BCUT2D eigenvalue weighted by molar-refractivity contribution is -0.135. The molecule has 0 radical (unpaired) electrons. The Balaban J connectivity index is 2.14. The van der Waals surface area contributed by atoms with Gasteiger partial charge < -0.3 is 4.90 Å². The summed E-state index contributed by atoms with van der Waals surface area (Å²) in [4.78, 5) is 14.0. The van der Waals surface area contributed by atoms with Gasteiger partial charge in [-0.3, -0.25) is 4.79 Å². The molecule has 0 aromatic rings. The van der Waals surface area contributed by atoms with Gasteiger partial charge in [0.05, 0.1) is 0 Å². The van der Waals surface area contributed by atoms with Gasteiger partial charge in [0.25, 0.3) is 0 Å². The van der Waals surface area contributed by atoms with E-state index in [0.29, 0.717) is 11.9 Å². The van der Waals surface area contributed by atoms with Gasteiger partial charge in [-0.1, -0.05) is 19.3 Å². The van der Waals surface area contributed by atoms with E-state index in [0.717, 1.165) is 12.8 Å². The molecule has 2 rings (SSSR count). The van der Waals surface area contributed by atoms with Crippen molar-refractivity contribution in [1.82, 2.24) is 4.90 Å². The van der Waals surface area contributed by atoms with Crippen LogP contribution in [0.2, 0.25) is 0 Å². The van der Waals surface area contributed by atoms with Gasteiger partial charge in [0.1, 0.15) is 0 Å². The van der Waals surface area contributed by atoms with Gasteiger partial charge in [-0.05, 0) is 33.1 Å². The van der Waals surface area contributed by atoms with Gasteiger partial charge in [-0.2, -0.15) is 0 Å². The summed E-state index contributed by atoms with van der Waals surface area (Å²) in [6.07, 6.45) is 8.21. The highest BCUT2D eigenvalue weighted by molar-refractivity contribution is 5.79. The molecule has 80 valence electrons. The molecule has 1 heterocycles. The minimum atomic E-state index is 0.186. The second kappa shape index (κ2) is 3.56. The van der Waals surface area contributed by atoms with Crippen LogP contribution in [0.1, 0.15) is 58.8 Å². The molecular weight excluding hydrogens is 174 g/mol. The SMILES string of the molecule is CC1CCC(=O)N1C1(C)CCCCC1. The second-order valence-corrected chi connectivity index (χ2v) is 5.21. The number of nitrogens with zero attached hydrogens (tertiary/aromatic N) is 1. The van der Waals surface area contributed by atoms with Crippen LogP contribution in [0.3, 0.4) is 0 Å². The minimum absolute atomic E-state index is 0.186. The summed E-state index contributed by atoms with van der Waals surface area (Å²) in [6, 6.07) is 0.477. The lowest BCUT2D eigenvalue weighted by Crippen LogP contribution is -2.51. The molecule has 1 unspecified atom stereocenters. The van der Waals surface area contributed by atoms with Crippen LogP contribution in [0, 0.1) is 0 Å². The van der Waals surface area contributed by atoms with Gasteiger partial charge >= 0.3 is 0 Å². The molecule has 2 aliphatic rings. The Labute approximate surface area is 86.7 Å². The molecule has 2 heteroatoms. The van der Waals surface area contributed by atoms with Crippen molar-refractivity contribution in [1.29, 1.82) is 0 Å². The van der Waals surface area contributed by atoms with E-state index in [1.807, 2.05) is 0 Å². The Morgan fingerprint density at radius 2 is 1.93 bits per heavy atom. The predicted octanol–water partition coefficient (Wildman–Crippen LogP) is 2.72. The average molecular weight is 195 g/mol. The molecule has 1 saturated carbocycles. The van der Waals surface area contributed by atoms with Gasteiger partial charge in [-0.15, -0.1) is 0 Å². The van der Waals surface area contributed by atoms with Crippen molar-refractivity contribution in [3.8, 4) is 0 Å². The maximum Gasteiger partial charge on any atom is 0.223 e. The van der Waals surface area contributed by atoms with E-state index in [1.54, 1.807) is 0 Å². The molecule has 0 aromatic carbocycles. The third-order valence-corrected chi connectivity index (χ3v) is 4.00. The summed E-state index contributed by atoms with van der Waals surface area (Å²) in [7, 11) is 0. The number of carbonyl (C=O) groups is 1. The lowest BCUT2D eigenvalue weighted by atomic mass is 9.81. The Hall–Kier alpha value is -0.530. The number of hydrogen-bond donors (Lipinski definition) is 0. The standard InChI is InChI=1S/C12H21NO/c1-10-6-7-11(14)13(10)12(2)8-4-3-5-9-12/h10H,3-9H2,1-2H3. The molecule has 1 aliphatic carbocycles. The van der Waals surface area contributed by atoms with Crippen LogP contribution in [-0.2, 0) is 4.79 Å². The first-order chi connectivity index (χ1) is 6.63. The zero-order chi connectivity index (χ0) is 10.2. The Morgan fingerprint density at radius 1 is 1.29 bits per heavy atom. The summed E-state index contributed by atoms with van der Waals surface area (Å²) in [5.74, 6) is 0.391. The van der Waals surface area contributed by atoms with Crippen molar-refractivity contribution in [3.63, 3.8) is 0 Å². The van der Waals surface area contributed by atoms with Crippen LogP contribution < -0.4 is 0 Å². The van der Waals surface area contributed by atoms with E-state index in [1.165, 1.54) is 32.1 Å². The fourth-order valence-electron chi connectivity index (χ4n) is 3.22. The molecule has 0 spiro atoms. The lowest BCUT2D eigenvalue weighted by Gasteiger charge is -2.44. The molecule has 0 N–H and O–H groups in total. The van der Waals surface area contributed by atoms with Crippen LogP contribution >= 0.6 is 0 Å². The quantitative estimate of drug-likeness (QED) is 0.630. The van der Waals surface area contributed by atoms with Crippen LogP contribution in [-0.4, -0.2) is 22.4 Å². The largest absolute Gasteiger partial charge is 0.335 e. The monoisotopic (exact) mass is 195 g/mol. The summed E-state index contributed by atoms with van der Waals surface area (Å²) in [5, 5.41) is 0. The smallest absolute Gasteiger partial charge is 0.223 e. The van der Waals surface area contributed by atoms with Crippen molar-refractivity contribution >= 4 is 5.91 Å². The summed E-state index contributed by atoms with van der Waals surface area (Å²) in [6.45, 7) is 4.48. The summed E-state index contributed by atoms with van der Waals surface area (Å²) >= 11 is 0. The fraction of sp³-hybridized carbons (Fsp3) is 0.917. The van der Waals surface area contributed by atoms with E-state index in [9.17, 15) is 4.79 Å². The van der Waals surface area contributed by atoms with Crippen LogP contribution in [0.25, 0.3) is 0 Å². The fourth-order valence-corrected chi connectivity index (χ4v) is 3.22. The summed E-state index contributed by atoms with van der Waals surface area (Å²) in [5.41, 5.74) is 0.186. The summed E-state index contributed by atoms with van der Waals surface area (Å²) < 4.78 is 0. The van der Waals surface area contributed by atoms with Crippen molar-refractivity contribution < 1.29 is 4.79 Å². The maximum atomic E-state index is 11.8.